The zero-order valence-corrected chi connectivity index (χ0v) is 7.47. The van der Waals surface area contributed by atoms with E-state index in [1.807, 2.05) is 0 Å². The van der Waals surface area contributed by atoms with E-state index in [0.29, 0.717) is 5.56 Å². The number of hydrogen-bond donors (Lipinski definition) is 0. The number of halogens is 2. The molecule has 1 rings (SSSR count). The van der Waals surface area contributed by atoms with E-state index in [1.165, 1.54) is 6.07 Å². The van der Waals surface area contributed by atoms with Gasteiger partial charge in [0.05, 0.1) is 0 Å². The lowest BCUT2D eigenvalue weighted by atomic mass is 10.0. The summed E-state index contributed by atoms with van der Waals surface area (Å²) in [6.45, 7) is 3.41. The Kier molecular flexibility index (Phi) is 2.76. The first-order valence-corrected chi connectivity index (χ1v) is 3.92. The molecule has 0 heterocycles. The van der Waals surface area contributed by atoms with Gasteiger partial charge in [-0.15, -0.1) is 0 Å². The number of carbonyl (C=O) groups is 1. The van der Waals surface area contributed by atoms with Crippen molar-refractivity contribution in [3.63, 3.8) is 0 Å². The highest BCUT2D eigenvalue weighted by Crippen LogP contribution is 2.14. The molecule has 0 saturated heterocycles. The maximum atomic E-state index is 12.1. The van der Waals surface area contributed by atoms with E-state index in [2.05, 4.69) is 0 Å². The zero-order chi connectivity index (χ0) is 10.0. The molecule has 0 aliphatic rings. The fourth-order valence-corrected chi connectivity index (χ4v) is 1.12. The van der Waals surface area contributed by atoms with Gasteiger partial charge < -0.3 is 0 Å². The first kappa shape index (κ1) is 9.84. The molecule has 0 aliphatic heterocycles. The largest absolute Gasteiger partial charge is 0.300 e. The average Bonchev–Trinajstić information content (AvgIpc) is 2.08. The topological polar surface area (TPSA) is 17.1 Å². The Labute approximate surface area is 75.4 Å². The third kappa shape index (κ3) is 2.11. The van der Waals surface area contributed by atoms with Crippen molar-refractivity contribution in [1.29, 1.82) is 0 Å². The number of carbonyl (C=O) groups excluding carboxylic acids is 1. The van der Waals surface area contributed by atoms with Crippen LogP contribution < -0.4 is 0 Å². The van der Waals surface area contributed by atoms with E-state index in [1.54, 1.807) is 26.0 Å². The van der Waals surface area contributed by atoms with Crippen molar-refractivity contribution in [3.8, 4) is 0 Å². The van der Waals surface area contributed by atoms with Gasteiger partial charge in [0.1, 0.15) is 0 Å². The van der Waals surface area contributed by atoms with E-state index in [0.717, 1.165) is 5.56 Å². The zero-order valence-electron chi connectivity index (χ0n) is 7.47. The lowest BCUT2D eigenvalue weighted by molar-refractivity contribution is 0.0678. The van der Waals surface area contributed by atoms with Gasteiger partial charge in [-0.1, -0.05) is 17.7 Å². The van der Waals surface area contributed by atoms with Crippen LogP contribution in [0.5, 0.6) is 0 Å². The molecule has 0 aromatic heterocycles. The molecule has 70 valence electrons. The second-order valence-electron chi connectivity index (χ2n) is 2.98. The molecule has 3 heteroatoms. The minimum absolute atomic E-state index is 0.120. The Morgan fingerprint density at radius 3 is 2.46 bits per heavy atom. The summed E-state index contributed by atoms with van der Waals surface area (Å²) in [5.74, 6) is -1.10. The lowest BCUT2D eigenvalue weighted by Gasteiger charge is -2.04. The fraction of sp³-hybridized carbons (Fsp3) is 0.300. The van der Waals surface area contributed by atoms with Crippen LogP contribution in [-0.4, -0.2) is 12.2 Å². The number of aryl methyl sites for hydroxylation is 2. The molecule has 1 nitrogen and oxygen atoms in total. The Morgan fingerprint density at radius 2 is 1.92 bits per heavy atom. The molecule has 0 amide bonds. The third-order valence-corrected chi connectivity index (χ3v) is 1.86. The van der Waals surface area contributed by atoms with E-state index in [4.69, 9.17) is 0 Å². The molecule has 0 saturated carbocycles. The Balaban J connectivity index is 3.13. The second-order valence-corrected chi connectivity index (χ2v) is 2.98. The number of benzene rings is 1. The number of rotatable bonds is 2. The molecule has 1 aromatic rings. The molecule has 0 fully saturated rings. The van der Waals surface area contributed by atoms with Crippen molar-refractivity contribution >= 4 is 5.78 Å². The summed E-state index contributed by atoms with van der Waals surface area (Å²) in [4.78, 5) is 11.0. The quantitative estimate of drug-likeness (QED) is 0.646. The molecule has 1 aromatic carbocycles. The van der Waals surface area contributed by atoms with Crippen LogP contribution in [0.4, 0.5) is 8.78 Å². The highest BCUT2D eigenvalue weighted by Gasteiger charge is 2.19. The van der Waals surface area contributed by atoms with Crippen LogP contribution in [0.15, 0.2) is 18.2 Å². The molecule has 0 spiro atoms. The number of ketones is 1. The van der Waals surface area contributed by atoms with Crippen molar-refractivity contribution in [2.45, 2.75) is 20.3 Å². The fourth-order valence-electron chi connectivity index (χ4n) is 1.12. The van der Waals surface area contributed by atoms with Crippen molar-refractivity contribution in [1.82, 2.24) is 0 Å². The summed E-state index contributed by atoms with van der Waals surface area (Å²) in [5, 5.41) is 0. The maximum Gasteiger partial charge on any atom is 0.300 e. The highest BCUT2D eigenvalue weighted by molar-refractivity contribution is 5.99. The molecule has 0 unspecified atom stereocenters. The summed E-state index contributed by atoms with van der Waals surface area (Å²) in [6.07, 6.45) is -2.92. The van der Waals surface area contributed by atoms with Crippen LogP contribution in [-0.2, 0) is 0 Å². The van der Waals surface area contributed by atoms with Crippen LogP contribution in [0.25, 0.3) is 0 Å². The van der Waals surface area contributed by atoms with Crippen molar-refractivity contribution in [2.24, 2.45) is 0 Å². The van der Waals surface area contributed by atoms with Crippen LogP contribution in [0.1, 0.15) is 21.5 Å². The van der Waals surface area contributed by atoms with Crippen molar-refractivity contribution in [2.75, 3.05) is 0 Å². The van der Waals surface area contributed by atoms with Gasteiger partial charge >= 0.3 is 6.43 Å². The summed E-state index contributed by atoms with van der Waals surface area (Å²) in [5.41, 5.74) is 1.53. The van der Waals surface area contributed by atoms with E-state index in [-0.39, 0.29) is 5.56 Å². The van der Waals surface area contributed by atoms with E-state index in [9.17, 15) is 13.6 Å². The summed E-state index contributed by atoms with van der Waals surface area (Å²) < 4.78 is 24.2. The maximum absolute atomic E-state index is 12.1. The van der Waals surface area contributed by atoms with Gasteiger partial charge in [-0.05, 0) is 25.5 Å². The normalized spacial score (nSPS) is 10.5. The predicted molar refractivity (Wildman–Crippen MR) is 46.3 cm³/mol. The van der Waals surface area contributed by atoms with Gasteiger partial charge in [-0.3, -0.25) is 4.79 Å². The monoisotopic (exact) mass is 184 g/mol. The van der Waals surface area contributed by atoms with E-state index < -0.39 is 12.2 Å². The Bertz CT molecular complexity index is 332. The lowest BCUT2D eigenvalue weighted by Crippen LogP contribution is -2.11. The molecular formula is C10H10F2O. The van der Waals surface area contributed by atoms with Crippen LogP contribution >= 0.6 is 0 Å². The number of hydrogen-bond acceptors (Lipinski definition) is 1. The van der Waals surface area contributed by atoms with Crippen LogP contribution in [0, 0.1) is 13.8 Å². The van der Waals surface area contributed by atoms with Gasteiger partial charge in [-0.25, -0.2) is 8.78 Å². The number of alkyl halides is 2. The van der Waals surface area contributed by atoms with Crippen molar-refractivity contribution in [3.05, 3.63) is 34.9 Å². The number of Topliss-reactive ketones (excluding diaryl/α,β-unsaturated/α-hetero) is 1. The smallest absolute Gasteiger partial charge is 0.288 e. The minimum Gasteiger partial charge on any atom is -0.288 e. The predicted octanol–water partition coefficient (Wildman–Crippen LogP) is 2.75. The summed E-state index contributed by atoms with van der Waals surface area (Å²) in [7, 11) is 0. The molecule has 0 atom stereocenters. The molecule has 0 bridgehead atoms. The van der Waals surface area contributed by atoms with Gasteiger partial charge in [0.25, 0.3) is 0 Å². The SMILES string of the molecule is Cc1ccc(C)c(C(=O)C(F)F)c1. The molecule has 13 heavy (non-hydrogen) atoms. The average molecular weight is 184 g/mol. The molecule has 0 N–H and O–H groups in total. The summed E-state index contributed by atoms with van der Waals surface area (Å²) in [6, 6.07) is 4.95. The van der Waals surface area contributed by atoms with Crippen molar-refractivity contribution < 1.29 is 13.6 Å². The van der Waals surface area contributed by atoms with Gasteiger partial charge in [0.15, 0.2) is 0 Å². The summed E-state index contributed by atoms with van der Waals surface area (Å²) >= 11 is 0. The third-order valence-electron chi connectivity index (χ3n) is 1.86. The molecular weight excluding hydrogens is 174 g/mol. The van der Waals surface area contributed by atoms with E-state index >= 15 is 0 Å². The minimum atomic E-state index is -2.92. The highest BCUT2D eigenvalue weighted by atomic mass is 19.3. The van der Waals surface area contributed by atoms with Crippen LogP contribution in [0.2, 0.25) is 0 Å². The van der Waals surface area contributed by atoms with Gasteiger partial charge in [-0.2, -0.15) is 0 Å². The molecule has 0 aliphatic carbocycles. The first-order chi connectivity index (χ1) is 6.02. The standard InChI is InChI=1S/C10H10F2O/c1-6-3-4-7(2)8(5-6)9(13)10(11)12/h3-5,10H,1-2H3. The first-order valence-electron chi connectivity index (χ1n) is 3.92. The van der Waals surface area contributed by atoms with Gasteiger partial charge in [0, 0.05) is 5.56 Å². The Morgan fingerprint density at radius 1 is 1.31 bits per heavy atom. The van der Waals surface area contributed by atoms with Gasteiger partial charge in [0.2, 0.25) is 5.78 Å². The molecule has 0 radical (unpaired) electrons. The second kappa shape index (κ2) is 3.64. The van der Waals surface area contributed by atoms with Crippen LogP contribution in [0.3, 0.4) is 0 Å². The Hall–Kier alpha value is -1.25.